The summed E-state index contributed by atoms with van der Waals surface area (Å²) >= 11 is 35.7. The van der Waals surface area contributed by atoms with Crippen LogP contribution in [-0.4, -0.2) is 139 Å². The maximum Gasteiger partial charge on any atom is 0.296 e. The van der Waals surface area contributed by atoms with Crippen molar-refractivity contribution < 1.29 is 46.9 Å². The van der Waals surface area contributed by atoms with E-state index in [0.29, 0.717) is 71.8 Å². The van der Waals surface area contributed by atoms with E-state index in [1.54, 1.807) is 78.0 Å². The van der Waals surface area contributed by atoms with Gasteiger partial charge in [0.2, 0.25) is 17.8 Å². The third-order valence-corrected chi connectivity index (χ3v) is 25.6. The van der Waals surface area contributed by atoms with Gasteiger partial charge in [0, 0.05) is 124 Å². The first-order valence-corrected chi connectivity index (χ1v) is 42.2. The molecule has 0 radical (unpaired) electrons. The van der Waals surface area contributed by atoms with Crippen molar-refractivity contribution in [2.45, 2.75) is 142 Å². The zero-order valence-electron chi connectivity index (χ0n) is 67.1. The Kier molecular flexibility index (Phi) is 22.8. The number of fused-ring (bicyclic) bond motifs is 1. The smallest absolute Gasteiger partial charge is 0.296 e. The second kappa shape index (κ2) is 33.6. The van der Waals surface area contributed by atoms with Crippen molar-refractivity contribution >= 4 is 128 Å². The molecule has 0 saturated heterocycles. The molecule has 7 aromatic carbocycles. The Morgan fingerprint density at radius 1 is 0.398 bits per heavy atom. The quantitative estimate of drug-likeness (QED) is 0.0237. The number of amides is 4. The van der Waals surface area contributed by atoms with E-state index in [9.17, 15) is 23.6 Å². The summed E-state index contributed by atoms with van der Waals surface area (Å²) in [6, 6.07) is 49.3. The Labute approximate surface area is 737 Å². The third-order valence-electron chi connectivity index (χ3n) is 23.5. The van der Waals surface area contributed by atoms with Crippen LogP contribution in [0.5, 0.6) is 23.0 Å². The van der Waals surface area contributed by atoms with E-state index in [1.165, 1.54) is 12.1 Å². The van der Waals surface area contributed by atoms with Gasteiger partial charge in [0.1, 0.15) is 34.3 Å². The van der Waals surface area contributed by atoms with Gasteiger partial charge in [-0.1, -0.05) is 112 Å². The SMILES string of the molecule is Cc1cc(OCC(=O)NC23CC(Nc4nc5cc(Cl)ccc5o4)(C2)C3)ccc1Cl.Cc1cc(OCC(=O)NC23CC(Nc4nccc(-c5ccc(Cl)cc5)n4)(C2)C3)ccc1Cl.Cc1cc(OCC(=O)NC23CC(Nc4nccc(-c5ccccc5)n4)(C2)C3)ccc1Cl.Cn1cc(-c2ccnc(NC34CC(NC(=O)COc5ccc(Cl)c(F)c5)(C3)C4)n2)cn1. The number of carbonyl (C=O) groups excluding carboxylic acids is 4. The molecule has 12 aromatic rings. The van der Waals surface area contributed by atoms with Gasteiger partial charge in [0.15, 0.2) is 32.0 Å². The topological polar surface area (TPSA) is 323 Å². The minimum Gasteiger partial charge on any atom is -0.484 e. The lowest BCUT2D eigenvalue weighted by atomic mass is 9.44. The number of halogens is 7. The molecule has 8 N–H and O–H groups in total. The lowest BCUT2D eigenvalue weighted by Crippen LogP contribution is -2.81. The fourth-order valence-electron chi connectivity index (χ4n) is 18.2. The Bertz CT molecular complexity index is 5990. The summed E-state index contributed by atoms with van der Waals surface area (Å²) in [7, 11) is 1.86. The second-order valence-corrected chi connectivity index (χ2v) is 36.2. The monoisotopic (exact) mass is 1780 g/mol. The van der Waals surface area contributed by atoms with E-state index in [4.69, 9.17) is 93.0 Å². The van der Waals surface area contributed by atoms with Crippen molar-refractivity contribution in [3.63, 3.8) is 0 Å². The first-order chi connectivity index (χ1) is 59.0. The molecule has 5 aromatic heterocycles. The second-order valence-electron chi connectivity index (χ2n) is 33.7. The number of nitrogens with zero attached hydrogens (tertiary/aromatic N) is 9. The minimum atomic E-state index is -0.582. The predicted molar refractivity (Wildman–Crippen MR) is 469 cm³/mol. The number of hydrogen-bond donors (Lipinski definition) is 8. The highest BCUT2D eigenvalue weighted by Gasteiger charge is 2.72. The zero-order chi connectivity index (χ0) is 85.7. The van der Waals surface area contributed by atoms with Gasteiger partial charge in [-0.3, -0.25) is 23.9 Å². The number of aromatic nitrogens is 9. The van der Waals surface area contributed by atoms with Crippen molar-refractivity contribution in [2.75, 3.05) is 47.7 Å². The van der Waals surface area contributed by atoms with Crippen LogP contribution in [0.15, 0.2) is 199 Å². The number of carbonyl (C=O) groups is 4. The molecule has 0 spiro atoms. The molecule has 0 unspecified atom stereocenters. The van der Waals surface area contributed by atoms with Gasteiger partial charge in [-0.2, -0.15) is 10.1 Å². The van der Waals surface area contributed by atoms with Crippen LogP contribution < -0.4 is 61.5 Å². The fraction of sp³-hybridized carbons (Fsp3) is 0.311. The minimum absolute atomic E-state index is 0.00845. The van der Waals surface area contributed by atoms with Crippen LogP contribution in [0.25, 0.3) is 44.9 Å². The van der Waals surface area contributed by atoms with E-state index < -0.39 is 5.82 Å². The van der Waals surface area contributed by atoms with Gasteiger partial charge < -0.3 is 65.9 Å². The van der Waals surface area contributed by atoms with Gasteiger partial charge >= 0.3 is 0 Å². The van der Waals surface area contributed by atoms with Gasteiger partial charge in [-0.25, -0.2) is 34.3 Å². The molecule has 12 saturated carbocycles. The van der Waals surface area contributed by atoms with Gasteiger partial charge in [-0.05, 0) is 230 Å². The van der Waals surface area contributed by atoms with E-state index in [-0.39, 0.29) is 105 Å². The van der Waals surface area contributed by atoms with E-state index in [2.05, 4.69) is 82.5 Å². The maximum atomic E-state index is 13.5. The van der Waals surface area contributed by atoms with E-state index >= 15 is 0 Å². The summed E-state index contributed by atoms with van der Waals surface area (Å²) < 4.78 is 43.1. The normalized spacial score (nSPS) is 23.5. The number of nitrogens with one attached hydrogen (secondary N) is 8. The molecule has 26 nitrogen and oxygen atoms in total. The molecule has 12 aliphatic carbocycles. The number of oxazole rings is 1. The van der Waals surface area contributed by atoms with Crippen LogP contribution in [-0.2, 0) is 26.2 Å². The number of aryl methyl sites for hydroxylation is 4. The van der Waals surface area contributed by atoms with E-state index in [0.717, 1.165) is 139 Å². The van der Waals surface area contributed by atoms with Crippen molar-refractivity contribution in [2.24, 2.45) is 7.05 Å². The summed E-state index contributed by atoms with van der Waals surface area (Å²) in [5.41, 5.74) is 8.76. The largest absolute Gasteiger partial charge is 0.484 e. The highest BCUT2D eigenvalue weighted by atomic mass is 35.5. The van der Waals surface area contributed by atoms with Crippen LogP contribution in [0.4, 0.5) is 28.3 Å². The highest BCUT2D eigenvalue weighted by molar-refractivity contribution is 6.32. The Morgan fingerprint density at radius 3 is 1.13 bits per heavy atom. The fourth-order valence-corrected chi connectivity index (χ4v) is 19.0. The number of hydrogen-bond acceptors (Lipinski definition) is 21. The van der Waals surface area contributed by atoms with Crippen molar-refractivity contribution in [1.29, 1.82) is 0 Å². The summed E-state index contributed by atoms with van der Waals surface area (Å²) in [4.78, 5) is 80.7. The average Bonchev–Trinajstić information content (AvgIpc) is 1.17. The lowest BCUT2D eigenvalue weighted by molar-refractivity contribution is -0.136. The molecule has 24 rings (SSSR count). The summed E-state index contributed by atoms with van der Waals surface area (Å²) in [6.07, 6.45) is 18.9. The Morgan fingerprint density at radius 2 is 0.756 bits per heavy atom. The highest BCUT2D eigenvalue weighted by Crippen LogP contribution is 2.64. The molecule has 5 heterocycles. The zero-order valence-corrected chi connectivity index (χ0v) is 71.7. The van der Waals surface area contributed by atoms with Gasteiger partial charge in [0.25, 0.3) is 29.6 Å². The average molecular weight is 1780 g/mol. The number of ether oxygens (including phenoxy) is 4. The summed E-state index contributed by atoms with van der Waals surface area (Å²) in [5, 5.41) is 33.7. The lowest BCUT2D eigenvalue weighted by Gasteiger charge is -2.70. The van der Waals surface area contributed by atoms with Crippen LogP contribution in [0.3, 0.4) is 0 Å². The van der Waals surface area contributed by atoms with E-state index in [1.807, 2.05) is 131 Å². The summed E-state index contributed by atoms with van der Waals surface area (Å²) in [6.45, 7) is 5.48. The van der Waals surface area contributed by atoms with Gasteiger partial charge in [0.05, 0.1) is 28.3 Å². The molecular formula is C90H84Cl6FN17O9. The van der Waals surface area contributed by atoms with Crippen molar-refractivity contribution in [3.8, 4) is 56.8 Å². The number of anilines is 4. The van der Waals surface area contributed by atoms with Crippen LogP contribution in [0.2, 0.25) is 30.1 Å². The first-order valence-electron chi connectivity index (χ1n) is 39.9. The molecule has 12 aliphatic rings. The van der Waals surface area contributed by atoms with Crippen LogP contribution in [0.1, 0.15) is 93.7 Å². The predicted octanol–water partition coefficient (Wildman–Crippen LogP) is 17.1. The first kappa shape index (κ1) is 83.7. The molecule has 4 amide bonds. The Balaban J connectivity index is 0.000000116. The molecule has 123 heavy (non-hydrogen) atoms. The third kappa shape index (κ3) is 18.8. The van der Waals surface area contributed by atoms with Crippen LogP contribution in [0, 0.1) is 26.6 Å². The molecule has 33 heteroatoms. The maximum absolute atomic E-state index is 13.5. The van der Waals surface area contributed by atoms with Gasteiger partial charge in [-0.15, -0.1) is 0 Å². The standard InChI is InChI=1S/C24H22Cl2N4O2.C24H23ClN4O2.C21H19Cl2N3O3.C21H20ClFN6O2/c1-15-10-18(6-7-19(15)26)32-11-21(31)29-23-12-24(13-23,14-23)30-22-27-9-8-20(28-22)16-2-4-17(25)5-3-16;1-16-11-18(7-8-19(16)25)31-12-21(30)28-23-13-24(14-23,15-23)29-22-26-10-9-20(27-22)17-5-3-2-4-6-17;1-12-6-14(3-4-15(12)23)28-8-18(27)25-20-9-21(10-20,11-20)26-19-24-16-7-13(22)2-5-17(16)29-19;1-29-8-13(7-25-29)17-4-5-24-19(26-17)28-21-10-20(11-21,12-21)27-18(30)9-31-14-2-3-15(22)16(23)6-14/h2-10H,11-14H2,1H3,(H,29,31)(H,27,28,30);2-11H,12-15H2,1H3,(H,28,30)(H,26,27,29);2-7H,8-11H2,1H3,(H,24,26)(H,25,27);2-8H,9-12H2,1H3,(H,27,30)(H,24,26,28). The Hall–Kier alpha value is -11.6. The number of rotatable bonds is 27. The molecule has 0 atom stereocenters. The molecule has 0 aliphatic heterocycles. The molecular weight excluding hydrogens is 1690 g/mol. The van der Waals surface area contributed by atoms with Crippen molar-refractivity contribution in [1.82, 2.24) is 65.9 Å². The van der Waals surface area contributed by atoms with Crippen molar-refractivity contribution in [3.05, 3.63) is 247 Å². The number of benzene rings is 7. The molecule has 632 valence electrons. The van der Waals surface area contributed by atoms with Crippen LogP contribution >= 0.6 is 69.6 Å². The summed E-state index contributed by atoms with van der Waals surface area (Å²) in [5.74, 6) is 2.79. The molecule has 8 bridgehead atoms. The molecule has 12 fully saturated rings.